The monoisotopic (exact) mass is 234 g/mol. The van der Waals surface area contributed by atoms with Gasteiger partial charge in [0.05, 0.1) is 5.56 Å². The minimum atomic E-state index is -0.284. The number of phenolic OH excluding ortho intramolecular Hbond substituents is 1. The number of nitrogens with one attached hydrogen (secondary N) is 2. The largest absolute Gasteiger partial charge is 0.507 e. The highest BCUT2D eigenvalue weighted by Gasteiger charge is 2.15. The number of rotatable bonds is 3. The lowest BCUT2D eigenvalue weighted by Crippen LogP contribution is -2.45. The molecule has 0 bridgehead atoms. The van der Waals surface area contributed by atoms with E-state index in [1.165, 1.54) is 25.3 Å². The molecule has 0 saturated heterocycles. The second-order valence-corrected chi connectivity index (χ2v) is 4.45. The van der Waals surface area contributed by atoms with Crippen LogP contribution in [0.1, 0.15) is 42.5 Å². The Labute approximate surface area is 101 Å². The summed E-state index contributed by atoms with van der Waals surface area (Å²) in [7, 11) is 0. The molecule has 0 spiro atoms. The first-order chi connectivity index (χ1) is 8.27. The Bertz CT molecular complexity index is 387. The van der Waals surface area contributed by atoms with Crippen molar-refractivity contribution in [1.29, 1.82) is 0 Å². The lowest BCUT2D eigenvalue weighted by molar-refractivity contribution is 0.0917. The topological polar surface area (TPSA) is 61.4 Å². The smallest absolute Gasteiger partial charge is 0.269 e. The van der Waals surface area contributed by atoms with E-state index in [1.807, 2.05) is 0 Å². The number of benzene rings is 1. The van der Waals surface area contributed by atoms with Gasteiger partial charge in [0, 0.05) is 6.04 Å². The minimum Gasteiger partial charge on any atom is -0.507 e. The Kier molecular flexibility index (Phi) is 3.98. The van der Waals surface area contributed by atoms with Gasteiger partial charge in [-0.25, -0.2) is 5.43 Å². The van der Waals surface area contributed by atoms with Gasteiger partial charge in [-0.3, -0.25) is 10.2 Å². The number of phenols is 1. The van der Waals surface area contributed by atoms with Gasteiger partial charge >= 0.3 is 0 Å². The fourth-order valence-corrected chi connectivity index (χ4v) is 2.15. The van der Waals surface area contributed by atoms with Crippen LogP contribution in [0, 0.1) is 0 Å². The van der Waals surface area contributed by atoms with Crippen molar-refractivity contribution in [2.45, 2.75) is 38.1 Å². The quantitative estimate of drug-likeness (QED) is 0.701. The van der Waals surface area contributed by atoms with Crippen LogP contribution in [0.2, 0.25) is 0 Å². The number of carbonyl (C=O) groups excluding carboxylic acids is 1. The molecule has 1 amide bonds. The standard InChI is InChI=1S/C13H18N2O2/c16-12-9-5-4-8-11(12)13(17)15-14-10-6-2-1-3-7-10/h4-5,8-10,14,16H,1-3,6-7H2,(H,15,17). The molecule has 4 nitrogen and oxygen atoms in total. The molecule has 0 atom stereocenters. The summed E-state index contributed by atoms with van der Waals surface area (Å²) in [6.07, 6.45) is 5.90. The first kappa shape index (κ1) is 11.9. The molecular weight excluding hydrogens is 216 g/mol. The highest BCUT2D eigenvalue weighted by molar-refractivity contribution is 5.96. The molecule has 2 rings (SSSR count). The Morgan fingerprint density at radius 3 is 2.59 bits per heavy atom. The van der Waals surface area contributed by atoms with E-state index in [1.54, 1.807) is 18.2 Å². The van der Waals surface area contributed by atoms with Gasteiger partial charge in [-0.05, 0) is 25.0 Å². The maximum absolute atomic E-state index is 11.8. The molecule has 1 fully saturated rings. The first-order valence-electron chi connectivity index (χ1n) is 6.11. The number of para-hydroxylation sites is 1. The molecule has 0 aliphatic heterocycles. The van der Waals surface area contributed by atoms with Crippen LogP contribution >= 0.6 is 0 Å². The van der Waals surface area contributed by atoms with E-state index in [2.05, 4.69) is 10.9 Å². The van der Waals surface area contributed by atoms with E-state index in [9.17, 15) is 9.90 Å². The fraction of sp³-hybridized carbons (Fsp3) is 0.462. The van der Waals surface area contributed by atoms with Crippen LogP contribution in [0.4, 0.5) is 0 Å². The molecule has 1 saturated carbocycles. The summed E-state index contributed by atoms with van der Waals surface area (Å²) in [4.78, 5) is 11.8. The highest BCUT2D eigenvalue weighted by atomic mass is 16.3. The van der Waals surface area contributed by atoms with Crippen LogP contribution in [0.15, 0.2) is 24.3 Å². The molecule has 0 radical (unpaired) electrons. The summed E-state index contributed by atoms with van der Waals surface area (Å²) in [6, 6.07) is 6.90. The number of aromatic hydroxyl groups is 1. The van der Waals surface area contributed by atoms with Gasteiger partial charge in [0.15, 0.2) is 0 Å². The van der Waals surface area contributed by atoms with Crippen molar-refractivity contribution in [3.05, 3.63) is 29.8 Å². The lowest BCUT2D eigenvalue weighted by Gasteiger charge is -2.23. The second-order valence-electron chi connectivity index (χ2n) is 4.45. The zero-order chi connectivity index (χ0) is 12.1. The third-order valence-electron chi connectivity index (χ3n) is 3.14. The highest BCUT2D eigenvalue weighted by Crippen LogP contribution is 2.17. The Balaban J connectivity index is 1.87. The molecule has 17 heavy (non-hydrogen) atoms. The van der Waals surface area contributed by atoms with Gasteiger partial charge in [0.25, 0.3) is 5.91 Å². The van der Waals surface area contributed by atoms with E-state index in [0.717, 1.165) is 12.8 Å². The summed E-state index contributed by atoms with van der Waals surface area (Å²) in [5, 5.41) is 9.53. The van der Waals surface area contributed by atoms with Crippen molar-refractivity contribution in [1.82, 2.24) is 10.9 Å². The Morgan fingerprint density at radius 2 is 1.88 bits per heavy atom. The Morgan fingerprint density at radius 1 is 1.18 bits per heavy atom. The minimum absolute atomic E-state index is 0.00967. The molecule has 1 aliphatic rings. The molecule has 1 aliphatic carbocycles. The van der Waals surface area contributed by atoms with Gasteiger partial charge in [0.1, 0.15) is 5.75 Å². The molecule has 0 unspecified atom stereocenters. The SMILES string of the molecule is O=C(NNC1CCCCC1)c1ccccc1O. The van der Waals surface area contributed by atoms with Crippen molar-refractivity contribution in [3.8, 4) is 5.75 Å². The van der Waals surface area contributed by atoms with E-state index in [0.29, 0.717) is 11.6 Å². The van der Waals surface area contributed by atoms with Gasteiger partial charge in [-0.15, -0.1) is 0 Å². The Hall–Kier alpha value is -1.55. The van der Waals surface area contributed by atoms with Crippen molar-refractivity contribution in [3.63, 3.8) is 0 Å². The van der Waals surface area contributed by atoms with Gasteiger partial charge < -0.3 is 5.11 Å². The molecule has 1 aromatic carbocycles. The van der Waals surface area contributed by atoms with Crippen molar-refractivity contribution in [2.24, 2.45) is 0 Å². The van der Waals surface area contributed by atoms with Gasteiger partial charge in [0.2, 0.25) is 0 Å². The summed E-state index contributed by atoms with van der Waals surface area (Å²) < 4.78 is 0. The van der Waals surface area contributed by atoms with Gasteiger partial charge in [-0.1, -0.05) is 31.4 Å². The van der Waals surface area contributed by atoms with Crippen LogP contribution in [0.5, 0.6) is 5.75 Å². The third-order valence-corrected chi connectivity index (χ3v) is 3.14. The maximum Gasteiger partial charge on any atom is 0.269 e. The molecule has 3 N–H and O–H groups in total. The number of carbonyl (C=O) groups is 1. The summed E-state index contributed by atoms with van der Waals surface area (Å²) in [5.74, 6) is -0.274. The molecule has 4 heteroatoms. The number of hydrogen-bond donors (Lipinski definition) is 3. The maximum atomic E-state index is 11.8. The van der Waals surface area contributed by atoms with Gasteiger partial charge in [-0.2, -0.15) is 0 Å². The molecule has 0 aromatic heterocycles. The van der Waals surface area contributed by atoms with Crippen LogP contribution in [-0.2, 0) is 0 Å². The second kappa shape index (κ2) is 5.68. The lowest BCUT2D eigenvalue weighted by atomic mass is 9.96. The van der Waals surface area contributed by atoms with Crippen LogP contribution < -0.4 is 10.9 Å². The molecular formula is C13H18N2O2. The van der Waals surface area contributed by atoms with Crippen LogP contribution in [0.25, 0.3) is 0 Å². The third kappa shape index (κ3) is 3.20. The molecule has 92 valence electrons. The predicted octanol–water partition coefficient (Wildman–Crippen LogP) is 1.96. The van der Waals surface area contributed by atoms with E-state index >= 15 is 0 Å². The first-order valence-corrected chi connectivity index (χ1v) is 6.11. The average Bonchev–Trinajstić information content (AvgIpc) is 2.38. The number of amides is 1. The number of hydrazine groups is 1. The summed E-state index contributed by atoms with van der Waals surface area (Å²) in [6.45, 7) is 0. The summed E-state index contributed by atoms with van der Waals surface area (Å²) >= 11 is 0. The predicted molar refractivity (Wildman–Crippen MR) is 65.6 cm³/mol. The van der Waals surface area contributed by atoms with Crippen molar-refractivity contribution in [2.75, 3.05) is 0 Å². The number of hydrogen-bond acceptors (Lipinski definition) is 3. The zero-order valence-corrected chi connectivity index (χ0v) is 9.78. The van der Waals surface area contributed by atoms with E-state index in [-0.39, 0.29) is 11.7 Å². The molecule has 1 aromatic rings. The van der Waals surface area contributed by atoms with E-state index < -0.39 is 0 Å². The molecule has 0 heterocycles. The fourth-order valence-electron chi connectivity index (χ4n) is 2.15. The van der Waals surface area contributed by atoms with Crippen molar-refractivity contribution >= 4 is 5.91 Å². The van der Waals surface area contributed by atoms with Crippen LogP contribution in [-0.4, -0.2) is 17.1 Å². The zero-order valence-electron chi connectivity index (χ0n) is 9.78. The van der Waals surface area contributed by atoms with Crippen LogP contribution in [0.3, 0.4) is 0 Å². The normalized spacial score (nSPS) is 16.7. The van der Waals surface area contributed by atoms with Crippen molar-refractivity contribution < 1.29 is 9.90 Å². The summed E-state index contributed by atoms with van der Waals surface area (Å²) in [5.41, 5.74) is 6.00. The van der Waals surface area contributed by atoms with E-state index in [4.69, 9.17) is 0 Å². The average molecular weight is 234 g/mol.